The van der Waals surface area contributed by atoms with Gasteiger partial charge in [0.1, 0.15) is 6.54 Å². The van der Waals surface area contributed by atoms with E-state index in [4.69, 9.17) is 4.74 Å². The van der Waals surface area contributed by atoms with E-state index in [1.807, 2.05) is 50.2 Å². The molecule has 204 valence electrons. The number of carbonyl (C=O) groups excluding carboxylic acids is 4. The lowest BCUT2D eigenvalue weighted by Gasteiger charge is -2.37. The molecule has 2 saturated heterocycles. The zero-order valence-electron chi connectivity index (χ0n) is 22.4. The maximum Gasteiger partial charge on any atom is 0.418 e. The monoisotopic (exact) mass is 530 g/mol. The topological polar surface area (TPSA) is 108 Å². The van der Waals surface area contributed by atoms with Crippen molar-refractivity contribution in [2.24, 2.45) is 11.3 Å². The molecule has 4 amide bonds. The van der Waals surface area contributed by atoms with Gasteiger partial charge in [-0.3, -0.25) is 14.4 Å². The third-order valence-corrected chi connectivity index (χ3v) is 8.80. The molecule has 6 rings (SSSR count). The van der Waals surface area contributed by atoms with Gasteiger partial charge in [0.2, 0.25) is 17.4 Å². The number of aryl methyl sites for hydroxylation is 1. The van der Waals surface area contributed by atoms with Gasteiger partial charge in [-0.05, 0) is 62.3 Å². The second kappa shape index (κ2) is 9.48. The van der Waals surface area contributed by atoms with E-state index in [0.29, 0.717) is 49.6 Å². The predicted octanol–water partition coefficient (Wildman–Crippen LogP) is 3.18. The molecule has 2 aromatic carbocycles. The van der Waals surface area contributed by atoms with Gasteiger partial charge in [-0.1, -0.05) is 36.4 Å². The highest BCUT2D eigenvalue weighted by Crippen LogP contribution is 2.46. The minimum absolute atomic E-state index is 0.0132. The minimum atomic E-state index is -1.43. The van der Waals surface area contributed by atoms with Gasteiger partial charge in [0.25, 0.3) is 5.91 Å². The molecule has 2 N–H and O–H groups in total. The van der Waals surface area contributed by atoms with E-state index in [2.05, 4.69) is 10.6 Å². The fourth-order valence-corrected chi connectivity index (χ4v) is 5.97. The van der Waals surface area contributed by atoms with Crippen LogP contribution in [0.1, 0.15) is 49.8 Å². The first-order valence-corrected chi connectivity index (χ1v) is 13.7. The predicted molar refractivity (Wildman–Crippen MR) is 143 cm³/mol. The van der Waals surface area contributed by atoms with E-state index in [0.717, 1.165) is 28.9 Å². The van der Waals surface area contributed by atoms with Crippen LogP contribution in [-0.2, 0) is 37.7 Å². The lowest BCUT2D eigenvalue weighted by molar-refractivity contribution is -0.143. The molecule has 2 heterocycles. The number of ether oxygens (including phenoxy) is 1. The average Bonchev–Trinajstić information content (AvgIpc) is 3.66. The molecule has 9 heteroatoms. The highest BCUT2D eigenvalue weighted by Gasteiger charge is 2.58. The number of nitrogens with one attached hydrogen (secondary N) is 2. The van der Waals surface area contributed by atoms with Gasteiger partial charge < -0.3 is 20.3 Å². The van der Waals surface area contributed by atoms with Crippen molar-refractivity contribution >= 4 is 29.5 Å². The van der Waals surface area contributed by atoms with Crippen molar-refractivity contribution in [3.8, 4) is 0 Å². The van der Waals surface area contributed by atoms with Gasteiger partial charge in [0, 0.05) is 43.3 Å². The average molecular weight is 531 g/mol. The summed E-state index contributed by atoms with van der Waals surface area (Å²) in [5, 5.41) is 6.10. The molecule has 0 aromatic heterocycles. The first-order valence-electron chi connectivity index (χ1n) is 13.7. The number of hydrogen-bond acceptors (Lipinski definition) is 6. The Morgan fingerprint density at radius 3 is 2.56 bits per heavy atom. The number of fused-ring (bicyclic) bond motifs is 2. The van der Waals surface area contributed by atoms with Crippen molar-refractivity contribution in [1.82, 2.24) is 15.1 Å². The van der Waals surface area contributed by atoms with Crippen LogP contribution in [0, 0.1) is 11.3 Å². The molecule has 1 saturated carbocycles. The summed E-state index contributed by atoms with van der Waals surface area (Å²) in [6.07, 6.45) is 2.19. The summed E-state index contributed by atoms with van der Waals surface area (Å²) >= 11 is 0. The maximum atomic E-state index is 13.7. The highest BCUT2D eigenvalue weighted by atomic mass is 16.6. The van der Waals surface area contributed by atoms with Crippen molar-refractivity contribution in [1.29, 1.82) is 0 Å². The highest BCUT2D eigenvalue weighted by molar-refractivity contribution is 6.06. The molecule has 1 unspecified atom stereocenters. The molecule has 9 nitrogen and oxygen atoms in total. The van der Waals surface area contributed by atoms with E-state index >= 15 is 0 Å². The molecule has 2 aromatic rings. The summed E-state index contributed by atoms with van der Waals surface area (Å²) in [6.45, 7) is 5.29. The second-order valence-corrected chi connectivity index (χ2v) is 11.7. The molecular weight excluding hydrogens is 496 g/mol. The lowest BCUT2D eigenvalue weighted by Crippen LogP contribution is -2.58. The van der Waals surface area contributed by atoms with Crippen LogP contribution in [0.5, 0.6) is 0 Å². The third-order valence-electron chi connectivity index (χ3n) is 8.80. The summed E-state index contributed by atoms with van der Waals surface area (Å²) < 4.78 is 5.75. The number of carbonyl (C=O) groups is 4. The Morgan fingerprint density at radius 2 is 1.90 bits per heavy atom. The van der Waals surface area contributed by atoms with E-state index in [-0.39, 0.29) is 24.4 Å². The SMILES string of the molecule is C[C@@H](C1CC1)N(Cc1ccccc1)C(=O)CN1C(=O)OC2(CCc3cc(NC(=O)C4(C)CNC4)ccc32)C1=O. The van der Waals surface area contributed by atoms with Crippen LogP contribution in [-0.4, -0.2) is 59.3 Å². The van der Waals surface area contributed by atoms with Gasteiger partial charge in [0.15, 0.2) is 0 Å². The maximum absolute atomic E-state index is 13.7. The largest absolute Gasteiger partial charge is 0.427 e. The number of rotatable bonds is 8. The fourth-order valence-electron chi connectivity index (χ4n) is 5.97. The van der Waals surface area contributed by atoms with Gasteiger partial charge in [0.05, 0.1) is 5.41 Å². The van der Waals surface area contributed by atoms with Crippen LogP contribution in [0.25, 0.3) is 0 Å². The molecule has 2 aliphatic heterocycles. The normalized spacial score (nSPS) is 23.7. The Hall–Kier alpha value is -3.72. The van der Waals surface area contributed by atoms with Gasteiger partial charge in [-0.15, -0.1) is 0 Å². The van der Waals surface area contributed by atoms with Crippen LogP contribution < -0.4 is 10.6 Å². The Balaban J connectivity index is 1.18. The number of nitrogens with zero attached hydrogens (tertiary/aromatic N) is 2. The lowest BCUT2D eigenvalue weighted by atomic mass is 9.83. The Kier molecular flexibility index (Phi) is 6.21. The van der Waals surface area contributed by atoms with Gasteiger partial charge >= 0.3 is 6.09 Å². The molecule has 1 spiro atoms. The number of imide groups is 1. The molecule has 4 aliphatic rings. The third kappa shape index (κ3) is 4.48. The van der Waals surface area contributed by atoms with Crippen molar-refractivity contribution in [3.05, 3.63) is 65.2 Å². The minimum Gasteiger partial charge on any atom is -0.427 e. The molecule has 3 fully saturated rings. The molecule has 0 radical (unpaired) electrons. The zero-order valence-corrected chi connectivity index (χ0v) is 22.4. The van der Waals surface area contributed by atoms with Crippen LogP contribution >= 0.6 is 0 Å². The van der Waals surface area contributed by atoms with Crippen LogP contribution in [0.3, 0.4) is 0 Å². The summed E-state index contributed by atoms with van der Waals surface area (Å²) in [7, 11) is 0. The number of anilines is 1. The van der Waals surface area contributed by atoms with Crippen molar-refractivity contribution in [2.45, 2.75) is 57.7 Å². The zero-order chi connectivity index (χ0) is 27.4. The van der Waals surface area contributed by atoms with E-state index in [9.17, 15) is 19.2 Å². The Labute approximate surface area is 227 Å². The molecular formula is C30H34N4O5. The quantitative estimate of drug-likeness (QED) is 0.543. The van der Waals surface area contributed by atoms with Gasteiger partial charge in [-0.25, -0.2) is 9.69 Å². The fraction of sp³-hybridized carbons (Fsp3) is 0.467. The Morgan fingerprint density at radius 1 is 1.15 bits per heavy atom. The Bertz CT molecular complexity index is 1340. The molecule has 39 heavy (non-hydrogen) atoms. The summed E-state index contributed by atoms with van der Waals surface area (Å²) in [4.78, 5) is 55.7. The molecule has 2 aliphatic carbocycles. The van der Waals surface area contributed by atoms with Crippen molar-refractivity contribution in [2.75, 3.05) is 25.0 Å². The molecule has 2 atom stereocenters. The van der Waals surface area contributed by atoms with Crippen LogP contribution in [0.4, 0.5) is 10.5 Å². The smallest absolute Gasteiger partial charge is 0.418 e. The standard InChI is InChI=1S/C30H34N4O5/c1-19(21-8-9-21)33(15-20-6-4-3-5-7-20)25(35)16-34-27(37)30(39-28(34)38)13-12-22-14-23(10-11-24(22)30)32-26(36)29(2)17-31-18-29/h3-7,10-11,14,19,21,31H,8-9,12-13,15-18H2,1-2H3,(H,32,36)/t19-,30?/m0/s1. The van der Waals surface area contributed by atoms with Crippen molar-refractivity contribution in [3.63, 3.8) is 0 Å². The van der Waals surface area contributed by atoms with E-state index in [1.165, 1.54) is 0 Å². The summed E-state index contributed by atoms with van der Waals surface area (Å²) in [5.41, 5.74) is 1.27. The van der Waals surface area contributed by atoms with Crippen molar-refractivity contribution < 1.29 is 23.9 Å². The van der Waals surface area contributed by atoms with Crippen LogP contribution in [0.15, 0.2) is 48.5 Å². The van der Waals surface area contributed by atoms with Gasteiger partial charge in [-0.2, -0.15) is 0 Å². The summed E-state index contributed by atoms with van der Waals surface area (Å²) in [6, 6.07) is 15.1. The number of amides is 4. The molecule has 0 bridgehead atoms. The first-order chi connectivity index (χ1) is 18.7. The number of benzene rings is 2. The van der Waals surface area contributed by atoms with E-state index in [1.54, 1.807) is 17.0 Å². The van der Waals surface area contributed by atoms with Crippen LogP contribution in [0.2, 0.25) is 0 Å². The number of hydrogen-bond donors (Lipinski definition) is 2. The first kappa shape index (κ1) is 25.6. The second-order valence-electron chi connectivity index (χ2n) is 11.7. The summed E-state index contributed by atoms with van der Waals surface area (Å²) in [5.74, 6) is -0.383. The van der Waals surface area contributed by atoms with E-state index < -0.39 is 23.0 Å².